The van der Waals surface area contributed by atoms with Crippen molar-refractivity contribution < 1.29 is 19.1 Å². The van der Waals surface area contributed by atoms with Gasteiger partial charge in [0, 0.05) is 109 Å². The number of rotatable bonds is 12. The van der Waals surface area contributed by atoms with E-state index in [1.54, 1.807) is 4.90 Å². The number of fused-ring (bicyclic) bond motifs is 4. The Kier molecular flexibility index (Phi) is 20.2. The Labute approximate surface area is 510 Å². The standard InChI is InChI=1S/C34H36BrClN6O3.C26H30BrClN6O.BrH/c1-22-19-40(23(2)39-22)13-12-37-33(43)30-20-41(14-15-42(30)34(44)45-21-24-6-4-3-5-7-24)32-29-11-10-28(36)17-25(29)8-9-26-16-27(35)18-38-31(26)32;1-16-14-33(17(2)32-16)9-8-30-26(35)23-15-34(10-7-29-23)25-22-6-5-21(28)12-18(22)3-4-19-11-20(27)13-31-24(19)25;/h3-7,10-11,16-19,30,32H,8-9,12-15,20-21H2,1-2H3,(H,37,43);5-6,11-14,23,25,29H,3-4,7-10,15H2,1-2H3,(H,30,35);1H/t30-,32?;23-,25?;/m11./s1. The van der Waals surface area contributed by atoms with Crippen molar-refractivity contribution in [3.05, 3.63) is 196 Å². The average Bonchev–Trinajstić information content (AvgIpc) is 4.08. The number of nitrogens with zero attached hydrogens (tertiary/aromatic N) is 9. The van der Waals surface area contributed by atoms with Crippen LogP contribution in [0.3, 0.4) is 0 Å². The first-order valence-electron chi connectivity index (χ1n) is 27.3. The third-order valence-corrected chi connectivity index (χ3v) is 16.8. The monoisotopic (exact) mass is 1330 g/mol. The van der Waals surface area contributed by atoms with Crippen molar-refractivity contribution in [2.45, 2.75) is 97.2 Å². The van der Waals surface area contributed by atoms with Crippen LogP contribution >= 0.6 is 72.0 Å². The van der Waals surface area contributed by atoms with Crippen LogP contribution in [0.5, 0.6) is 0 Å². The van der Waals surface area contributed by atoms with Crippen LogP contribution in [0.25, 0.3) is 0 Å². The number of carbonyl (C=O) groups excluding carboxylic acids is 3. The molecule has 0 saturated carbocycles. The average molecular weight is 1330 g/mol. The lowest BCUT2D eigenvalue weighted by molar-refractivity contribution is -0.128. The summed E-state index contributed by atoms with van der Waals surface area (Å²) in [6, 6.07) is 24.8. The SMILES string of the molecule is Br.Cc1cn(CCNC(=O)[C@H]2CN(C3c4ccc(Cl)cc4CCc4cc(Br)cnc43)CCN2)c(C)n1.Cc1cn(CCNC(=O)[C@H]2CN(C3c4ccc(Cl)cc4CCc4cc(Br)cnc43)CCN2C(=O)OCc2ccccc2)c(C)n1. The summed E-state index contributed by atoms with van der Waals surface area (Å²) in [6.45, 7) is 13.6. The summed E-state index contributed by atoms with van der Waals surface area (Å²) < 4.78 is 11.7. The summed E-state index contributed by atoms with van der Waals surface area (Å²) in [4.78, 5) is 65.4. The van der Waals surface area contributed by atoms with E-state index in [-0.39, 0.29) is 53.5 Å². The fraction of sp³-hybridized carbons (Fsp3) is 0.383. The molecule has 2 saturated heterocycles. The van der Waals surface area contributed by atoms with Gasteiger partial charge in [-0.3, -0.25) is 34.3 Å². The van der Waals surface area contributed by atoms with Crippen molar-refractivity contribution in [1.82, 2.24) is 59.7 Å². The van der Waals surface area contributed by atoms with Crippen LogP contribution in [-0.4, -0.2) is 126 Å². The summed E-state index contributed by atoms with van der Waals surface area (Å²) >= 11 is 20.0. The van der Waals surface area contributed by atoms with E-state index in [0.717, 1.165) is 104 Å². The first-order valence-corrected chi connectivity index (χ1v) is 29.6. The Morgan fingerprint density at radius 2 is 1.17 bits per heavy atom. The van der Waals surface area contributed by atoms with Crippen LogP contribution in [0.2, 0.25) is 10.0 Å². The van der Waals surface area contributed by atoms with E-state index in [4.69, 9.17) is 37.9 Å². The van der Waals surface area contributed by atoms with Crippen molar-refractivity contribution in [3.8, 4) is 0 Å². The number of benzene rings is 3. The van der Waals surface area contributed by atoms with E-state index in [2.05, 4.69) is 102 Å². The highest BCUT2D eigenvalue weighted by atomic mass is 79.9. The molecule has 81 heavy (non-hydrogen) atoms. The van der Waals surface area contributed by atoms with E-state index in [1.807, 2.05) is 106 Å². The van der Waals surface area contributed by atoms with Crippen LogP contribution in [0, 0.1) is 27.7 Å². The number of nitrogens with one attached hydrogen (secondary N) is 3. The molecule has 2 fully saturated rings. The molecule has 0 spiro atoms. The minimum atomic E-state index is -0.759. The fourth-order valence-electron chi connectivity index (χ4n) is 11.7. The number of carbonyl (C=O) groups is 3. The van der Waals surface area contributed by atoms with Gasteiger partial charge in [-0.05, 0) is 161 Å². The number of piperazine rings is 2. The summed E-state index contributed by atoms with van der Waals surface area (Å²) in [7, 11) is 0. The highest BCUT2D eigenvalue weighted by molar-refractivity contribution is 9.10. The summed E-state index contributed by atoms with van der Waals surface area (Å²) in [5.74, 6) is 1.66. The number of ether oxygens (including phenoxy) is 1. The van der Waals surface area contributed by atoms with Gasteiger partial charge in [0.1, 0.15) is 24.3 Å². The molecular weight excluding hydrogens is 1260 g/mol. The summed E-state index contributed by atoms with van der Waals surface area (Å²) in [5.41, 5.74) is 12.0. The van der Waals surface area contributed by atoms with Crippen LogP contribution in [0.15, 0.2) is 113 Å². The molecule has 4 aliphatic rings. The van der Waals surface area contributed by atoms with Crippen molar-refractivity contribution in [2.24, 2.45) is 0 Å². The molecule has 2 aliphatic heterocycles. The van der Waals surface area contributed by atoms with Gasteiger partial charge in [0.05, 0.1) is 40.9 Å². The van der Waals surface area contributed by atoms with Gasteiger partial charge in [0.15, 0.2) is 0 Å². The minimum absolute atomic E-state index is 0. The van der Waals surface area contributed by atoms with Crippen molar-refractivity contribution >= 4 is 90.0 Å². The lowest BCUT2D eigenvalue weighted by atomic mass is 9.95. The van der Waals surface area contributed by atoms with Crippen LogP contribution in [-0.2, 0) is 59.7 Å². The minimum Gasteiger partial charge on any atom is -0.445 e. The van der Waals surface area contributed by atoms with Crippen LogP contribution in [0.1, 0.15) is 85.5 Å². The number of hydrogen-bond acceptors (Lipinski definition) is 11. The molecule has 3 amide bonds. The third-order valence-electron chi connectivity index (χ3n) is 15.5. The molecule has 2 unspecified atom stereocenters. The number of hydrogen-bond donors (Lipinski definition) is 3. The van der Waals surface area contributed by atoms with Crippen LogP contribution in [0.4, 0.5) is 4.79 Å². The van der Waals surface area contributed by atoms with E-state index in [1.165, 1.54) is 22.3 Å². The van der Waals surface area contributed by atoms with Crippen LogP contribution < -0.4 is 16.0 Å². The maximum atomic E-state index is 13.9. The fourth-order valence-corrected chi connectivity index (χ4v) is 12.8. The van der Waals surface area contributed by atoms with Crippen molar-refractivity contribution in [3.63, 3.8) is 0 Å². The molecule has 4 aromatic heterocycles. The molecule has 11 rings (SSSR count). The number of amides is 3. The molecule has 0 bridgehead atoms. The van der Waals surface area contributed by atoms with Gasteiger partial charge < -0.3 is 29.8 Å². The topological polar surface area (TPSA) is 168 Å². The number of imidazole rings is 2. The van der Waals surface area contributed by atoms with E-state index < -0.39 is 12.1 Å². The van der Waals surface area contributed by atoms with E-state index in [0.29, 0.717) is 57.4 Å². The zero-order valence-corrected chi connectivity index (χ0v) is 52.2. The Morgan fingerprint density at radius 3 is 1.70 bits per heavy atom. The molecule has 3 N–H and O–H groups in total. The Bertz CT molecular complexity index is 3270. The van der Waals surface area contributed by atoms with Gasteiger partial charge in [0.25, 0.3) is 0 Å². The van der Waals surface area contributed by atoms with E-state index >= 15 is 0 Å². The van der Waals surface area contributed by atoms with Crippen molar-refractivity contribution in [2.75, 3.05) is 52.4 Å². The zero-order valence-electron chi connectivity index (χ0n) is 45.8. The normalized spacial score (nSPS) is 18.7. The highest BCUT2D eigenvalue weighted by Gasteiger charge is 2.41. The Morgan fingerprint density at radius 1 is 0.654 bits per heavy atom. The number of pyridine rings is 2. The maximum Gasteiger partial charge on any atom is 0.410 e. The van der Waals surface area contributed by atoms with Gasteiger partial charge in [-0.15, -0.1) is 17.0 Å². The summed E-state index contributed by atoms with van der Waals surface area (Å²) in [6.07, 6.45) is 10.7. The Hall–Kier alpha value is -5.51. The maximum absolute atomic E-state index is 13.9. The first kappa shape index (κ1) is 60.1. The van der Waals surface area contributed by atoms with Crippen molar-refractivity contribution in [1.29, 1.82) is 0 Å². The highest BCUT2D eigenvalue weighted by Crippen LogP contribution is 2.40. The lowest BCUT2D eigenvalue weighted by Gasteiger charge is -2.43. The molecular formula is C60H67Br3Cl2N12O4. The van der Waals surface area contributed by atoms with Gasteiger partial charge in [0.2, 0.25) is 11.8 Å². The molecule has 2 aliphatic carbocycles. The van der Waals surface area contributed by atoms with Gasteiger partial charge >= 0.3 is 6.09 Å². The summed E-state index contributed by atoms with van der Waals surface area (Å²) in [5, 5.41) is 11.1. The van der Waals surface area contributed by atoms with Gasteiger partial charge in [-0.1, -0.05) is 65.7 Å². The second-order valence-corrected chi connectivity index (χ2v) is 23.7. The molecule has 4 atom stereocenters. The van der Waals surface area contributed by atoms with Gasteiger partial charge in [-0.2, -0.15) is 0 Å². The first-order chi connectivity index (χ1) is 38.6. The number of halogens is 5. The number of aryl methyl sites for hydroxylation is 8. The second-order valence-electron chi connectivity index (χ2n) is 21.0. The smallest absolute Gasteiger partial charge is 0.410 e. The molecule has 6 heterocycles. The lowest BCUT2D eigenvalue weighted by Crippen LogP contribution is -2.61. The quantitative estimate of drug-likeness (QED) is 0.107. The van der Waals surface area contributed by atoms with E-state index in [9.17, 15) is 14.4 Å². The number of aromatic nitrogens is 6. The molecule has 7 aromatic rings. The molecule has 426 valence electrons. The zero-order chi connectivity index (χ0) is 56.0. The molecule has 3 aromatic carbocycles. The molecule has 16 nitrogen and oxygen atoms in total. The molecule has 0 radical (unpaired) electrons. The predicted octanol–water partition coefficient (Wildman–Crippen LogP) is 9.81. The largest absolute Gasteiger partial charge is 0.445 e. The third kappa shape index (κ3) is 14.5. The molecule has 21 heteroatoms. The predicted molar refractivity (Wildman–Crippen MR) is 327 cm³/mol. The Balaban J connectivity index is 0.000000199. The van der Waals surface area contributed by atoms with Gasteiger partial charge in [-0.25, -0.2) is 14.8 Å². The second kappa shape index (κ2) is 27.3.